The predicted octanol–water partition coefficient (Wildman–Crippen LogP) is 2.51. The molecule has 106 valence electrons. The van der Waals surface area contributed by atoms with Gasteiger partial charge in [-0.05, 0) is 25.8 Å². The average Bonchev–Trinajstić information content (AvgIpc) is 3.10. The van der Waals surface area contributed by atoms with E-state index in [2.05, 4.69) is 16.8 Å². The van der Waals surface area contributed by atoms with Crippen molar-refractivity contribution in [1.82, 2.24) is 9.88 Å². The molecule has 0 amide bonds. The quantitative estimate of drug-likeness (QED) is 0.928. The van der Waals surface area contributed by atoms with Gasteiger partial charge in [0.25, 0.3) is 0 Å². The lowest BCUT2D eigenvalue weighted by molar-refractivity contribution is 0.276. The molecule has 0 radical (unpaired) electrons. The van der Waals surface area contributed by atoms with Crippen molar-refractivity contribution >= 4 is 0 Å². The van der Waals surface area contributed by atoms with Crippen LogP contribution in [0.15, 0.2) is 40.9 Å². The monoisotopic (exact) mass is 271 g/mol. The standard InChI is InChI=1S/C16H21N3O/c1-12(17)14-7-8-19(10-14)11-16-18-9-15(20-16)13-5-3-2-4-6-13/h2-6,9,12,14H,7-8,10-11,17H2,1H3. The summed E-state index contributed by atoms with van der Waals surface area (Å²) in [5.74, 6) is 2.22. The summed E-state index contributed by atoms with van der Waals surface area (Å²) in [6, 6.07) is 10.3. The van der Waals surface area contributed by atoms with Gasteiger partial charge in [0.1, 0.15) is 0 Å². The Balaban J connectivity index is 1.64. The van der Waals surface area contributed by atoms with Crippen molar-refractivity contribution in [2.45, 2.75) is 25.9 Å². The lowest BCUT2D eigenvalue weighted by Crippen LogP contribution is -2.29. The largest absolute Gasteiger partial charge is 0.439 e. The highest BCUT2D eigenvalue weighted by Crippen LogP contribution is 2.23. The van der Waals surface area contributed by atoms with Crippen molar-refractivity contribution in [1.29, 1.82) is 0 Å². The molecule has 0 bridgehead atoms. The van der Waals surface area contributed by atoms with Crippen LogP contribution >= 0.6 is 0 Å². The fraction of sp³-hybridized carbons (Fsp3) is 0.438. The molecule has 1 fully saturated rings. The summed E-state index contributed by atoms with van der Waals surface area (Å²) in [6.07, 6.45) is 2.98. The summed E-state index contributed by atoms with van der Waals surface area (Å²) in [5.41, 5.74) is 7.04. The molecule has 1 aromatic carbocycles. The van der Waals surface area contributed by atoms with Crippen LogP contribution in [0.1, 0.15) is 19.2 Å². The molecule has 0 saturated carbocycles. The van der Waals surface area contributed by atoms with Crippen LogP contribution in [0.25, 0.3) is 11.3 Å². The van der Waals surface area contributed by atoms with Gasteiger partial charge in [-0.3, -0.25) is 4.90 Å². The Morgan fingerprint density at radius 1 is 1.40 bits per heavy atom. The van der Waals surface area contributed by atoms with Crippen LogP contribution in [0.3, 0.4) is 0 Å². The molecule has 4 nitrogen and oxygen atoms in total. The van der Waals surface area contributed by atoms with Gasteiger partial charge >= 0.3 is 0 Å². The predicted molar refractivity (Wildman–Crippen MR) is 79.0 cm³/mol. The Hall–Kier alpha value is -1.65. The van der Waals surface area contributed by atoms with Crippen LogP contribution in [0.2, 0.25) is 0 Å². The summed E-state index contributed by atoms with van der Waals surface area (Å²) in [6.45, 7) is 4.98. The third-order valence-electron chi connectivity index (χ3n) is 4.02. The molecule has 1 aliphatic rings. The highest BCUT2D eigenvalue weighted by molar-refractivity contribution is 5.55. The van der Waals surface area contributed by atoms with E-state index in [1.165, 1.54) is 6.42 Å². The maximum atomic E-state index is 5.97. The molecule has 4 heteroatoms. The lowest BCUT2D eigenvalue weighted by atomic mass is 10.0. The zero-order valence-corrected chi connectivity index (χ0v) is 11.8. The molecule has 1 aromatic heterocycles. The van der Waals surface area contributed by atoms with Gasteiger partial charge in [-0.25, -0.2) is 4.98 Å². The van der Waals surface area contributed by atoms with E-state index in [1.807, 2.05) is 36.5 Å². The molecule has 0 aliphatic carbocycles. The molecule has 2 heterocycles. The van der Waals surface area contributed by atoms with Crippen LogP contribution in [-0.4, -0.2) is 29.0 Å². The number of hydrogen-bond acceptors (Lipinski definition) is 4. The fourth-order valence-electron chi connectivity index (χ4n) is 2.75. The van der Waals surface area contributed by atoms with Crippen molar-refractivity contribution in [2.24, 2.45) is 11.7 Å². The Morgan fingerprint density at radius 3 is 2.90 bits per heavy atom. The van der Waals surface area contributed by atoms with Gasteiger partial charge in [-0.1, -0.05) is 30.3 Å². The van der Waals surface area contributed by atoms with Gasteiger partial charge in [-0.15, -0.1) is 0 Å². The van der Waals surface area contributed by atoms with E-state index < -0.39 is 0 Å². The normalized spacial score (nSPS) is 21.2. The van der Waals surface area contributed by atoms with Gasteiger partial charge in [0, 0.05) is 18.2 Å². The highest BCUT2D eigenvalue weighted by Gasteiger charge is 2.26. The minimum atomic E-state index is 0.268. The lowest BCUT2D eigenvalue weighted by Gasteiger charge is -2.16. The zero-order chi connectivity index (χ0) is 13.9. The number of benzene rings is 1. The van der Waals surface area contributed by atoms with Gasteiger partial charge in [0.05, 0.1) is 12.7 Å². The first-order valence-corrected chi connectivity index (χ1v) is 7.20. The zero-order valence-electron chi connectivity index (χ0n) is 11.8. The molecular weight excluding hydrogens is 250 g/mol. The third-order valence-corrected chi connectivity index (χ3v) is 4.02. The summed E-state index contributed by atoms with van der Waals surface area (Å²) in [5, 5.41) is 0. The first-order valence-electron chi connectivity index (χ1n) is 7.20. The van der Waals surface area contributed by atoms with E-state index in [1.54, 1.807) is 0 Å². The Labute approximate surface area is 119 Å². The first-order chi connectivity index (χ1) is 9.72. The van der Waals surface area contributed by atoms with Gasteiger partial charge in [0.2, 0.25) is 5.89 Å². The van der Waals surface area contributed by atoms with Crippen molar-refractivity contribution in [2.75, 3.05) is 13.1 Å². The molecule has 1 saturated heterocycles. The molecule has 2 aromatic rings. The number of aromatic nitrogens is 1. The maximum Gasteiger partial charge on any atom is 0.209 e. The minimum absolute atomic E-state index is 0.268. The number of rotatable bonds is 4. The first kappa shape index (κ1) is 13.3. The summed E-state index contributed by atoms with van der Waals surface area (Å²) in [7, 11) is 0. The fourth-order valence-corrected chi connectivity index (χ4v) is 2.75. The highest BCUT2D eigenvalue weighted by atomic mass is 16.4. The summed E-state index contributed by atoms with van der Waals surface area (Å²) in [4.78, 5) is 6.76. The van der Waals surface area contributed by atoms with Crippen LogP contribution in [0.5, 0.6) is 0 Å². The van der Waals surface area contributed by atoms with Gasteiger partial charge in [-0.2, -0.15) is 0 Å². The van der Waals surface area contributed by atoms with Crippen molar-refractivity contribution in [3.63, 3.8) is 0 Å². The number of nitrogens with two attached hydrogens (primary N) is 1. The molecule has 3 rings (SSSR count). The van der Waals surface area contributed by atoms with E-state index in [-0.39, 0.29) is 6.04 Å². The van der Waals surface area contributed by atoms with Crippen LogP contribution in [0.4, 0.5) is 0 Å². The number of nitrogens with zero attached hydrogens (tertiary/aromatic N) is 2. The van der Waals surface area contributed by atoms with E-state index >= 15 is 0 Å². The van der Waals surface area contributed by atoms with Crippen molar-refractivity contribution < 1.29 is 4.42 Å². The number of likely N-dealkylation sites (tertiary alicyclic amines) is 1. The van der Waals surface area contributed by atoms with E-state index in [9.17, 15) is 0 Å². The number of hydrogen-bond donors (Lipinski definition) is 1. The second-order valence-corrected chi connectivity index (χ2v) is 5.63. The summed E-state index contributed by atoms with van der Waals surface area (Å²) >= 11 is 0. The van der Waals surface area contributed by atoms with E-state index in [0.29, 0.717) is 5.92 Å². The average molecular weight is 271 g/mol. The molecular formula is C16H21N3O. The second-order valence-electron chi connectivity index (χ2n) is 5.63. The third kappa shape index (κ3) is 2.92. The topological polar surface area (TPSA) is 55.3 Å². The molecule has 2 N–H and O–H groups in total. The Morgan fingerprint density at radius 2 is 2.20 bits per heavy atom. The molecule has 0 spiro atoms. The molecule has 2 atom stereocenters. The molecule has 2 unspecified atom stereocenters. The Bertz CT molecular complexity index is 550. The van der Waals surface area contributed by atoms with Gasteiger partial charge < -0.3 is 10.2 Å². The number of oxazole rings is 1. The molecule has 20 heavy (non-hydrogen) atoms. The minimum Gasteiger partial charge on any atom is -0.439 e. The van der Waals surface area contributed by atoms with Gasteiger partial charge in [0.15, 0.2) is 5.76 Å². The SMILES string of the molecule is CC(N)C1CCN(Cc2ncc(-c3ccccc3)o2)C1. The van der Waals surface area contributed by atoms with E-state index in [4.69, 9.17) is 10.2 Å². The van der Waals surface area contributed by atoms with E-state index in [0.717, 1.165) is 36.8 Å². The summed E-state index contributed by atoms with van der Waals surface area (Å²) < 4.78 is 5.84. The molecule has 1 aliphatic heterocycles. The smallest absolute Gasteiger partial charge is 0.209 e. The van der Waals surface area contributed by atoms with Crippen LogP contribution < -0.4 is 5.73 Å². The van der Waals surface area contributed by atoms with Crippen LogP contribution in [0, 0.1) is 5.92 Å². The second kappa shape index (κ2) is 5.77. The maximum absolute atomic E-state index is 5.97. The van der Waals surface area contributed by atoms with Crippen molar-refractivity contribution in [3.05, 3.63) is 42.4 Å². The van der Waals surface area contributed by atoms with Crippen molar-refractivity contribution in [3.8, 4) is 11.3 Å². The van der Waals surface area contributed by atoms with Crippen LogP contribution in [-0.2, 0) is 6.54 Å². The Kier molecular flexibility index (Phi) is 3.85.